The summed E-state index contributed by atoms with van der Waals surface area (Å²) < 4.78 is 0. The van der Waals surface area contributed by atoms with Gasteiger partial charge in [-0.3, -0.25) is 0 Å². The van der Waals surface area contributed by atoms with Crippen molar-refractivity contribution in [2.24, 2.45) is 10.7 Å². The van der Waals surface area contributed by atoms with Crippen molar-refractivity contribution in [3.8, 4) is 0 Å². The van der Waals surface area contributed by atoms with Crippen LogP contribution in [0.15, 0.2) is 4.99 Å². The minimum absolute atomic E-state index is 0.0338. The van der Waals surface area contributed by atoms with E-state index in [9.17, 15) is 4.79 Å². The second-order valence-electron chi connectivity index (χ2n) is 3.11. The third kappa shape index (κ3) is 2.41. The van der Waals surface area contributed by atoms with Gasteiger partial charge < -0.3 is 10.6 Å². The predicted molar refractivity (Wildman–Crippen MR) is 60.8 cm³/mol. The molecule has 0 saturated heterocycles. The van der Waals surface area contributed by atoms with Gasteiger partial charge in [-0.05, 0) is 24.9 Å². The highest BCUT2D eigenvalue weighted by Gasteiger charge is 2.31. The first-order valence-electron chi connectivity index (χ1n) is 4.93. The summed E-state index contributed by atoms with van der Waals surface area (Å²) >= 11 is 1.86. The fraction of sp³-hybridized carbons (Fsp3) is 0.778. The topological polar surface area (TPSA) is 58.7 Å². The summed E-state index contributed by atoms with van der Waals surface area (Å²) in [6.07, 6.45) is 0.910. The van der Waals surface area contributed by atoms with Crippen LogP contribution in [0.2, 0.25) is 0 Å². The third-order valence-electron chi connectivity index (χ3n) is 2.27. The number of carbonyl (C=O) groups excluding carboxylic acids is 1. The van der Waals surface area contributed by atoms with Crippen molar-refractivity contribution in [2.75, 3.05) is 18.1 Å². The van der Waals surface area contributed by atoms with Crippen LogP contribution >= 0.6 is 11.8 Å². The average molecular weight is 215 g/mol. The molecule has 1 heterocycles. The lowest BCUT2D eigenvalue weighted by molar-refractivity contribution is 0.208. The van der Waals surface area contributed by atoms with Crippen LogP contribution in [-0.2, 0) is 0 Å². The summed E-state index contributed by atoms with van der Waals surface area (Å²) in [7, 11) is 0. The van der Waals surface area contributed by atoms with Crippen LogP contribution in [0.3, 0.4) is 0 Å². The van der Waals surface area contributed by atoms with Crippen molar-refractivity contribution in [1.82, 2.24) is 4.90 Å². The molecule has 2 N–H and O–H groups in total. The molecule has 1 aliphatic heterocycles. The van der Waals surface area contributed by atoms with Crippen LogP contribution in [-0.4, -0.2) is 40.9 Å². The van der Waals surface area contributed by atoms with Gasteiger partial charge >= 0.3 is 6.03 Å². The van der Waals surface area contributed by atoms with Crippen molar-refractivity contribution in [1.29, 1.82) is 0 Å². The summed E-state index contributed by atoms with van der Waals surface area (Å²) in [5.41, 5.74) is 5.70. The van der Waals surface area contributed by atoms with Crippen LogP contribution in [0.25, 0.3) is 0 Å². The van der Waals surface area contributed by atoms with E-state index in [-0.39, 0.29) is 12.1 Å². The molecule has 5 heteroatoms. The maximum Gasteiger partial charge on any atom is 0.345 e. The zero-order chi connectivity index (χ0) is 10.6. The molecule has 0 bridgehead atoms. The molecular weight excluding hydrogens is 198 g/mol. The van der Waals surface area contributed by atoms with E-state index in [0.29, 0.717) is 12.4 Å². The first-order chi connectivity index (χ1) is 6.70. The van der Waals surface area contributed by atoms with Crippen molar-refractivity contribution in [3.63, 3.8) is 0 Å². The summed E-state index contributed by atoms with van der Waals surface area (Å²) in [6, 6.07) is -0.150. The van der Waals surface area contributed by atoms with E-state index >= 15 is 0 Å². The van der Waals surface area contributed by atoms with Gasteiger partial charge in [0.15, 0.2) is 0 Å². The molecule has 1 atom stereocenters. The van der Waals surface area contributed by atoms with Crippen LogP contribution in [0, 0.1) is 0 Å². The van der Waals surface area contributed by atoms with Crippen LogP contribution in [0.5, 0.6) is 0 Å². The van der Waals surface area contributed by atoms with Gasteiger partial charge in [-0.1, -0.05) is 6.92 Å². The number of hydrogen-bond acceptors (Lipinski definition) is 3. The molecule has 14 heavy (non-hydrogen) atoms. The fourth-order valence-corrected chi connectivity index (χ4v) is 2.22. The van der Waals surface area contributed by atoms with E-state index in [4.69, 9.17) is 5.73 Å². The van der Waals surface area contributed by atoms with Gasteiger partial charge in [-0.2, -0.15) is 16.8 Å². The predicted octanol–water partition coefficient (Wildman–Crippen LogP) is 1.31. The molecule has 1 unspecified atom stereocenters. The molecule has 1 rings (SSSR count). The number of thioether (sulfide) groups is 1. The van der Waals surface area contributed by atoms with E-state index in [0.717, 1.165) is 17.9 Å². The first-order valence-corrected chi connectivity index (χ1v) is 6.08. The molecule has 0 spiro atoms. The summed E-state index contributed by atoms with van der Waals surface area (Å²) in [5, 5.41) is 0. The van der Waals surface area contributed by atoms with E-state index in [1.54, 1.807) is 4.90 Å². The molecule has 0 fully saturated rings. The van der Waals surface area contributed by atoms with Gasteiger partial charge in [0.2, 0.25) is 0 Å². The van der Waals surface area contributed by atoms with Crippen molar-refractivity contribution in [3.05, 3.63) is 0 Å². The molecule has 0 aliphatic carbocycles. The Morgan fingerprint density at radius 2 is 2.29 bits per heavy atom. The largest absolute Gasteiger partial charge is 0.385 e. The number of carbonyl (C=O) groups is 1. The van der Waals surface area contributed by atoms with Gasteiger partial charge in [0.1, 0.15) is 5.84 Å². The fourth-order valence-electron chi connectivity index (χ4n) is 1.54. The maximum atomic E-state index is 11.3. The van der Waals surface area contributed by atoms with Crippen molar-refractivity contribution < 1.29 is 4.79 Å². The standard InChI is InChI=1S/C9H17N3OS/c1-3-12-7(5-6-14-4-2)8(10)11-9(12)13/h7H,3-6H2,1-2H3,(H2,10,11,13). The van der Waals surface area contributed by atoms with Gasteiger partial charge in [-0.15, -0.1) is 0 Å². The first kappa shape index (κ1) is 11.4. The molecule has 2 amide bonds. The van der Waals surface area contributed by atoms with Crippen LogP contribution < -0.4 is 5.73 Å². The highest BCUT2D eigenvalue weighted by atomic mass is 32.2. The lowest BCUT2D eigenvalue weighted by Crippen LogP contribution is -2.40. The molecule has 0 radical (unpaired) electrons. The Morgan fingerprint density at radius 3 is 2.86 bits per heavy atom. The van der Waals surface area contributed by atoms with Gasteiger partial charge in [0, 0.05) is 6.54 Å². The van der Waals surface area contributed by atoms with Gasteiger partial charge in [0.05, 0.1) is 6.04 Å². The molecule has 4 nitrogen and oxygen atoms in total. The molecule has 0 aromatic rings. The maximum absolute atomic E-state index is 11.3. The number of rotatable bonds is 5. The highest BCUT2D eigenvalue weighted by Crippen LogP contribution is 2.16. The molecule has 1 aliphatic rings. The number of urea groups is 1. The number of hydrogen-bond donors (Lipinski definition) is 1. The Kier molecular flexibility index (Phi) is 4.25. The van der Waals surface area contributed by atoms with Crippen molar-refractivity contribution >= 4 is 23.6 Å². The number of amides is 2. The Labute approximate surface area is 88.9 Å². The minimum Gasteiger partial charge on any atom is -0.385 e. The molecule has 0 saturated carbocycles. The molecule has 80 valence electrons. The van der Waals surface area contributed by atoms with Crippen molar-refractivity contribution in [2.45, 2.75) is 26.3 Å². The van der Waals surface area contributed by atoms with E-state index in [1.165, 1.54) is 0 Å². The van der Waals surface area contributed by atoms with Crippen LogP contribution in [0.1, 0.15) is 20.3 Å². The summed E-state index contributed by atoms with van der Waals surface area (Å²) in [4.78, 5) is 16.8. The monoisotopic (exact) mass is 215 g/mol. The molecule has 0 aromatic heterocycles. The molecule has 0 aromatic carbocycles. The Balaban J connectivity index is 2.49. The number of likely N-dealkylation sites (N-methyl/N-ethyl adjacent to an activating group) is 1. The Morgan fingerprint density at radius 1 is 1.57 bits per heavy atom. The SMILES string of the molecule is CCSCCC1C(N)=NC(=O)N1CC. The smallest absolute Gasteiger partial charge is 0.345 e. The highest BCUT2D eigenvalue weighted by molar-refractivity contribution is 7.99. The molecular formula is C9H17N3OS. The number of amidine groups is 1. The average Bonchev–Trinajstić information content (AvgIpc) is 2.42. The second-order valence-corrected chi connectivity index (χ2v) is 4.50. The summed E-state index contributed by atoms with van der Waals surface area (Å²) in [5.74, 6) is 2.61. The number of nitrogens with zero attached hydrogens (tertiary/aromatic N) is 2. The lowest BCUT2D eigenvalue weighted by atomic mass is 10.2. The normalized spacial score (nSPS) is 21.6. The number of aliphatic imine (C=N–C) groups is 1. The van der Waals surface area contributed by atoms with E-state index in [2.05, 4.69) is 11.9 Å². The van der Waals surface area contributed by atoms with Crippen LogP contribution in [0.4, 0.5) is 4.79 Å². The zero-order valence-corrected chi connectivity index (χ0v) is 9.51. The Bertz CT molecular complexity index is 242. The third-order valence-corrected chi connectivity index (χ3v) is 3.20. The summed E-state index contributed by atoms with van der Waals surface area (Å²) in [6.45, 7) is 4.76. The van der Waals surface area contributed by atoms with Gasteiger partial charge in [-0.25, -0.2) is 4.79 Å². The van der Waals surface area contributed by atoms with E-state index in [1.807, 2.05) is 18.7 Å². The number of nitrogens with two attached hydrogens (primary N) is 1. The zero-order valence-electron chi connectivity index (χ0n) is 8.69. The minimum atomic E-state index is -0.184. The quantitative estimate of drug-likeness (QED) is 0.703. The Hall–Kier alpha value is -0.710. The van der Waals surface area contributed by atoms with Gasteiger partial charge in [0.25, 0.3) is 0 Å². The van der Waals surface area contributed by atoms with E-state index < -0.39 is 0 Å². The lowest BCUT2D eigenvalue weighted by Gasteiger charge is -2.22. The second kappa shape index (κ2) is 5.24.